The highest BCUT2D eigenvalue weighted by Gasteiger charge is 2.26. The molecule has 21 heavy (non-hydrogen) atoms. The number of rotatable bonds is 4. The Bertz CT molecular complexity index is 653. The van der Waals surface area contributed by atoms with Crippen LogP contribution >= 0.6 is 0 Å². The number of fused-ring (bicyclic) bond motifs is 1. The van der Waals surface area contributed by atoms with Crippen LogP contribution in [-0.2, 0) is 10.0 Å². The summed E-state index contributed by atoms with van der Waals surface area (Å²) in [5.41, 5.74) is 0.153. The van der Waals surface area contributed by atoms with Gasteiger partial charge in [-0.2, -0.15) is 0 Å². The van der Waals surface area contributed by atoms with E-state index in [2.05, 4.69) is 0 Å². The minimum atomic E-state index is -3.94. The van der Waals surface area contributed by atoms with Crippen molar-refractivity contribution in [3.8, 4) is 11.5 Å². The van der Waals surface area contributed by atoms with Crippen LogP contribution in [-0.4, -0.2) is 45.5 Å². The summed E-state index contributed by atoms with van der Waals surface area (Å²) in [5, 5.41) is 5.15. The second-order valence-corrected chi connectivity index (χ2v) is 6.08. The number of benzene rings is 1. The molecular weight excluding hydrogens is 296 g/mol. The van der Waals surface area contributed by atoms with Gasteiger partial charge in [0.1, 0.15) is 13.2 Å². The lowest BCUT2D eigenvalue weighted by Crippen LogP contribution is -2.32. The largest absolute Gasteiger partial charge is 0.486 e. The van der Waals surface area contributed by atoms with E-state index in [4.69, 9.17) is 14.6 Å². The zero-order valence-corrected chi connectivity index (χ0v) is 12.8. The summed E-state index contributed by atoms with van der Waals surface area (Å²) in [6.45, 7) is 5.29. The van der Waals surface area contributed by atoms with Gasteiger partial charge in [-0.15, -0.1) is 0 Å². The van der Waals surface area contributed by atoms with Gasteiger partial charge in [0.05, 0.1) is 10.5 Å². The predicted molar refractivity (Wildman–Crippen MR) is 76.1 cm³/mol. The molecule has 0 unspecified atom stereocenters. The van der Waals surface area contributed by atoms with E-state index in [1.807, 2.05) is 13.8 Å². The smallest absolute Gasteiger partial charge is 0.257 e. The molecule has 0 bridgehead atoms. The van der Waals surface area contributed by atoms with Gasteiger partial charge in [-0.1, -0.05) is 0 Å². The van der Waals surface area contributed by atoms with Gasteiger partial charge in [-0.25, -0.2) is 13.6 Å². The standard InChI is InChI=1S/C13H18N2O5S/c1-3-15(4-2)13(16)10-7-9(21(14,17)18)8-11-12(10)20-6-5-19-11/h7-8H,3-6H2,1-2H3,(H2,14,17,18). The highest BCUT2D eigenvalue weighted by Crippen LogP contribution is 2.37. The topological polar surface area (TPSA) is 98.9 Å². The van der Waals surface area contributed by atoms with Gasteiger partial charge >= 0.3 is 0 Å². The number of primary sulfonamides is 1. The van der Waals surface area contributed by atoms with Crippen molar-refractivity contribution >= 4 is 15.9 Å². The Morgan fingerprint density at radius 1 is 1.24 bits per heavy atom. The molecule has 116 valence electrons. The van der Waals surface area contributed by atoms with Crippen molar-refractivity contribution in [2.75, 3.05) is 26.3 Å². The highest BCUT2D eigenvalue weighted by atomic mass is 32.2. The first-order chi connectivity index (χ1) is 9.88. The molecule has 1 aromatic carbocycles. The van der Waals surface area contributed by atoms with Crippen LogP contribution in [0, 0.1) is 0 Å². The zero-order valence-electron chi connectivity index (χ0n) is 12.0. The summed E-state index contributed by atoms with van der Waals surface area (Å²) < 4.78 is 34.0. The second kappa shape index (κ2) is 5.90. The zero-order chi connectivity index (χ0) is 15.6. The Balaban J connectivity index is 2.60. The average Bonchev–Trinajstić information content (AvgIpc) is 2.46. The first-order valence-corrected chi connectivity index (χ1v) is 8.18. The summed E-state index contributed by atoms with van der Waals surface area (Å²) in [7, 11) is -3.94. The van der Waals surface area contributed by atoms with E-state index in [0.29, 0.717) is 26.3 Å². The van der Waals surface area contributed by atoms with Crippen LogP contribution in [0.5, 0.6) is 11.5 Å². The normalized spacial score (nSPS) is 13.9. The van der Waals surface area contributed by atoms with E-state index in [1.165, 1.54) is 12.1 Å². The molecule has 0 saturated carbocycles. The van der Waals surface area contributed by atoms with Gasteiger partial charge in [0.2, 0.25) is 10.0 Å². The van der Waals surface area contributed by atoms with Crippen molar-refractivity contribution in [2.45, 2.75) is 18.7 Å². The van der Waals surface area contributed by atoms with Crippen LogP contribution in [0.25, 0.3) is 0 Å². The number of nitrogens with two attached hydrogens (primary N) is 1. The third-order valence-corrected chi connectivity index (χ3v) is 4.12. The van der Waals surface area contributed by atoms with Crippen molar-refractivity contribution in [1.29, 1.82) is 0 Å². The molecule has 2 rings (SSSR count). The molecule has 0 spiro atoms. The van der Waals surface area contributed by atoms with Crippen molar-refractivity contribution in [3.05, 3.63) is 17.7 Å². The van der Waals surface area contributed by atoms with Crippen LogP contribution < -0.4 is 14.6 Å². The fourth-order valence-corrected chi connectivity index (χ4v) is 2.69. The fraction of sp³-hybridized carbons (Fsp3) is 0.462. The van der Waals surface area contributed by atoms with Crippen molar-refractivity contribution in [2.24, 2.45) is 5.14 Å². The second-order valence-electron chi connectivity index (χ2n) is 4.52. The van der Waals surface area contributed by atoms with Gasteiger partial charge in [0, 0.05) is 19.2 Å². The average molecular weight is 314 g/mol. The van der Waals surface area contributed by atoms with E-state index in [1.54, 1.807) is 4.90 Å². The maximum atomic E-state index is 12.5. The Kier molecular flexibility index (Phi) is 4.38. The summed E-state index contributed by atoms with van der Waals surface area (Å²) in [6.07, 6.45) is 0. The maximum absolute atomic E-state index is 12.5. The van der Waals surface area contributed by atoms with E-state index in [9.17, 15) is 13.2 Å². The molecule has 0 aromatic heterocycles. The predicted octanol–water partition coefficient (Wildman–Crippen LogP) is 0.587. The van der Waals surface area contributed by atoms with Gasteiger partial charge in [-0.05, 0) is 19.9 Å². The van der Waals surface area contributed by atoms with Crippen LogP contribution in [0.1, 0.15) is 24.2 Å². The minimum absolute atomic E-state index is 0.153. The lowest BCUT2D eigenvalue weighted by molar-refractivity contribution is 0.0762. The molecule has 1 amide bonds. The Morgan fingerprint density at radius 2 is 1.86 bits per heavy atom. The van der Waals surface area contributed by atoms with Crippen LogP contribution in [0.3, 0.4) is 0 Å². The quantitative estimate of drug-likeness (QED) is 0.877. The number of ether oxygens (including phenoxy) is 2. The molecule has 0 fully saturated rings. The first kappa shape index (κ1) is 15.6. The lowest BCUT2D eigenvalue weighted by atomic mass is 10.1. The molecule has 2 N–H and O–H groups in total. The third kappa shape index (κ3) is 3.11. The maximum Gasteiger partial charge on any atom is 0.257 e. The first-order valence-electron chi connectivity index (χ1n) is 6.64. The van der Waals surface area contributed by atoms with E-state index >= 15 is 0 Å². The van der Waals surface area contributed by atoms with Gasteiger partial charge < -0.3 is 14.4 Å². The molecule has 1 aliphatic rings. The monoisotopic (exact) mass is 314 g/mol. The van der Waals surface area contributed by atoms with E-state index in [-0.39, 0.29) is 27.9 Å². The summed E-state index contributed by atoms with van der Waals surface area (Å²) >= 11 is 0. The summed E-state index contributed by atoms with van der Waals surface area (Å²) in [6, 6.07) is 2.52. The number of hydrogen-bond acceptors (Lipinski definition) is 5. The Hall–Kier alpha value is -1.80. The molecule has 0 atom stereocenters. The summed E-state index contributed by atoms with van der Waals surface area (Å²) in [4.78, 5) is 13.9. The number of hydrogen-bond donors (Lipinski definition) is 1. The SMILES string of the molecule is CCN(CC)C(=O)c1cc(S(N)(=O)=O)cc2c1OCCO2. The van der Waals surface area contributed by atoms with Crippen molar-refractivity contribution in [1.82, 2.24) is 4.90 Å². The lowest BCUT2D eigenvalue weighted by Gasteiger charge is -2.24. The van der Waals surface area contributed by atoms with Crippen LogP contribution in [0.15, 0.2) is 17.0 Å². The van der Waals surface area contributed by atoms with Gasteiger partial charge in [0.15, 0.2) is 11.5 Å². The molecule has 0 aliphatic carbocycles. The third-order valence-electron chi connectivity index (χ3n) is 3.23. The minimum Gasteiger partial charge on any atom is -0.486 e. The molecular formula is C13H18N2O5S. The number of carbonyl (C=O) groups excluding carboxylic acids is 1. The van der Waals surface area contributed by atoms with Gasteiger partial charge in [-0.3, -0.25) is 4.79 Å². The fourth-order valence-electron chi connectivity index (χ4n) is 2.13. The van der Waals surface area contributed by atoms with E-state index < -0.39 is 10.0 Å². The number of carbonyl (C=O) groups is 1. The number of amides is 1. The van der Waals surface area contributed by atoms with Crippen LogP contribution in [0.2, 0.25) is 0 Å². The molecule has 1 aliphatic heterocycles. The Morgan fingerprint density at radius 3 is 2.43 bits per heavy atom. The van der Waals surface area contributed by atoms with E-state index in [0.717, 1.165) is 0 Å². The summed E-state index contributed by atoms with van der Waals surface area (Å²) in [5.74, 6) is 0.182. The molecule has 0 saturated heterocycles. The number of nitrogens with zero attached hydrogens (tertiary/aromatic N) is 1. The molecule has 1 aromatic rings. The van der Waals surface area contributed by atoms with Crippen LogP contribution in [0.4, 0.5) is 0 Å². The molecule has 7 nitrogen and oxygen atoms in total. The van der Waals surface area contributed by atoms with Gasteiger partial charge in [0.25, 0.3) is 5.91 Å². The van der Waals surface area contributed by atoms with Crippen molar-refractivity contribution < 1.29 is 22.7 Å². The highest BCUT2D eigenvalue weighted by molar-refractivity contribution is 7.89. The Labute approximate surface area is 123 Å². The molecule has 0 radical (unpaired) electrons. The molecule has 8 heteroatoms. The number of sulfonamides is 1. The van der Waals surface area contributed by atoms with Crippen molar-refractivity contribution in [3.63, 3.8) is 0 Å². The molecule has 1 heterocycles.